The molecule has 0 aliphatic carbocycles. The highest BCUT2D eigenvalue weighted by atomic mass is 32.2. The molecule has 0 saturated heterocycles. The van der Waals surface area contributed by atoms with Crippen molar-refractivity contribution in [1.82, 2.24) is 25.0 Å². The number of nitrogens with zero attached hydrogens (tertiary/aromatic N) is 3. The van der Waals surface area contributed by atoms with Crippen LogP contribution in [0.4, 0.5) is 4.79 Å². The number of imide groups is 1. The Labute approximate surface area is 171 Å². The molecule has 0 bridgehead atoms. The van der Waals surface area contributed by atoms with Gasteiger partial charge in [-0.1, -0.05) is 36.0 Å². The first-order chi connectivity index (χ1) is 13.8. The molecule has 2 aromatic heterocycles. The van der Waals surface area contributed by atoms with Crippen LogP contribution in [0.1, 0.15) is 20.8 Å². The highest BCUT2D eigenvalue weighted by Gasteiger charge is 2.18. The Balaban J connectivity index is 1.66. The molecule has 2 N–H and O–H groups in total. The smallest absolute Gasteiger partial charge is 0.321 e. The second kappa shape index (κ2) is 7.36. The molecule has 0 aliphatic heterocycles. The summed E-state index contributed by atoms with van der Waals surface area (Å²) in [5.41, 5.74) is 2.98. The maximum atomic E-state index is 12.3. The van der Waals surface area contributed by atoms with Crippen LogP contribution in [0, 0.1) is 0 Å². The van der Waals surface area contributed by atoms with Crippen molar-refractivity contribution >= 4 is 51.3 Å². The van der Waals surface area contributed by atoms with Gasteiger partial charge in [0.25, 0.3) is 0 Å². The Morgan fingerprint density at radius 2 is 1.69 bits per heavy atom. The van der Waals surface area contributed by atoms with Gasteiger partial charge < -0.3 is 5.32 Å². The van der Waals surface area contributed by atoms with Gasteiger partial charge in [-0.3, -0.25) is 14.5 Å². The van der Waals surface area contributed by atoms with E-state index in [-0.39, 0.29) is 11.7 Å². The number of benzene rings is 2. The van der Waals surface area contributed by atoms with Crippen molar-refractivity contribution in [2.75, 3.05) is 5.75 Å². The summed E-state index contributed by atoms with van der Waals surface area (Å²) >= 11 is 1.27. The van der Waals surface area contributed by atoms with Crippen LogP contribution in [0.25, 0.3) is 27.6 Å². The van der Waals surface area contributed by atoms with E-state index in [0.717, 1.165) is 27.6 Å². The molecular formula is C21H21N5O2S. The zero-order valence-electron chi connectivity index (χ0n) is 16.4. The molecule has 4 rings (SSSR count). The summed E-state index contributed by atoms with van der Waals surface area (Å²) in [7, 11) is 0. The molecule has 3 amide bonds. The summed E-state index contributed by atoms with van der Waals surface area (Å²) in [6.07, 6.45) is 0. The first kappa shape index (κ1) is 19.2. The number of hydrogen-bond donors (Lipinski definition) is 2. The first-order valence-corrected chi connectivity index (χ1v) is 10.2. The SMILES string of the molecule is CC(C)(C)NC(=O)NC(=O)CSc1nc2ccccc2c2nc3ccccc3n12. The highest BCUT2D eigenvalue weighted by Crippen LogP contribution is 2.28. The third-order valence-electron chi connectivity index (χ3n) is 4.19. The van der Waals surface area contributed by atoms with Crippen molar-refractivity contribution in [3.63, 3.8) is 0 Å². The van der Waals surface area contributed by atoms with E-state index in [0.29, 0.717) is 5.16 Å². The molecule has 0 spiro atoms. The van der Waals surface area contributed by atoms with E-state index >= 15 is 0 Å². The fourth-order valence-corrected chi connectivity index (χ4v) is 3.88. The molecule has 0 saturated carbocycles. The monoisotopic (exact) mass is 407 g/mol. The van der Waals surface area contributed by atoms with E-state index in [9.17, 15) is 9.59 Å². The number of aromatic nitrogens is 3. The van der Waals surface area contributed by atoms with Gasteiger partial charge in [0.15, 0.2) is 5.16 Å². The average Bonchev–Trinajstić information content (AvgIpc) is 3.04. The third kappa shape index (κ3) is 4.02. The molecule has 0 fully saturated rings. The predicted octanol–water partition coefficient (Wildman–Crippen LogP) is 3.75. The molecule has 2 heterocycles. The molecule has 4 aromatic rings. The Morgan fingerprint density at radius 1 is 1.00 bits per heavy atom. The lowest BCUT2D eigenvalue weighted by Crippen LogP contribution is -2.48. The summed E-state index contributed by atoms with van der Waals surface area (Å²) in [4.78, 5) is 33.7. The fraction of sp³-hybridized carbons (Fsp3) is 0.238. The third-order valence-corrected chi connectivity index (χ3v) is 5.13. The number of urea groups is 1. The largest absolute Gasteiger partial charge is 0.333 e. The van der Waals surface area contributed by atoms with E-state index in [1.165, 1.54) is 11.8 Å². The van der Waals surface area contributed by atoms with Crippen molar-refractivity contribution < 1.29 is 9.59 Å². The molecule has 8 heteroatoms. The van der Waals surface area contributed by atoms with Crippen molar-refractivity contribution in [2.24, 2.45) is 0 Å². The van der Waals surface area contributed by atoms with E-state index in [1.807, 2.05) is 73.7 Å². The van der Waals surface area contributed by atoms with Gasteiger partial charge in [-0.2, -0.15) is 0 Å². The molecule has 0 aliphatic rings. The molecule has 148 valence electrons. The Morgan fingerprint density at radius 3 is 2.45 bits per heavy atom. The van der Waals surface area contributed by atoms with Gasteiger partial charge >= 0.3 is 6.03 Å². The number of nitrogens with one attached hydrogen (secondary N) is 2. The van der Waals surface area contributed by atoms with Crippen LogP contribution in [0.3, 0.4) is 0 Å². The maximum Gasteiger partial charge on any atom is 0.321 e. The summed E-state index contributed by atoms with van der Waals surface area (Å²) in [5, 5.41) is 6.67. The van der Waals surface area contributed by atoms with Gasteiger partial charge in [0.1, 0.15) is 5.65 Å². The van der Waals surface area contributed by atoms with E-state index < -0.39 is 11.6 Å². The highest BCUT2D eigenvalue weighted by molar-refractivity contribution is 7.99. The Bertz CT molecular complexity index is 1240. The van der Waals surface area contributed by atoms with Crippen molar-refractivity contribution in [2.45, 2.75) is 31.5 Å². The van der Waals surface area contributed by atoms with Crippen LogP contribution in [0.15, 0.2) is 53.7 Å². The summed E-state index contributed by atoms with van der Waals surface area (Å²) in [6.45, 7) is 5.56. The Hall–Kier alpha value is -3.13. The van der Waals surface area contributed by atoms with E-state index in [2.05, 4.69) is 10.6 Å². The second-order valence-corrected chi connectivity index (χ2v) is 8.65. The number of fused-ring (bicyclic) bond motifs is 5. The van der Waals surface area contributed by atoms with E-state index in [1.54, 1.807) is 0 Å². The van der Waals surface area contributed by atoms with Gasteiger partial charge in [0.05, 0.1) is 22.3 Å². The minimum atomic E-state index is -0.507. The summed E-state index contributed by atoms with van der Waals surface area (Å²) < 4.78 is 1.96. The molecule has 7 nitrogen and oxygen atoms in total. The molecule has 0 radical (unpaired) electrons. The van der Waals surface area contributed by atoms with Crippen LogP contribution in [0.5, 0.6) is 0 Å². The number of thioether (sulfide) groups is 1. The molecule has 0 unspecified atom stereocenters. The van der Waals surface area contributed by atoms with Gasteiger partial charge in [0, 0.05) is 10.9 Å². The maximum absolute atomic E-state index is 12.3. The van der Waals surface area contributed by atoms with E-state index in [4.69, 9.17) is 9.97 Å². The molecule has 29 heavy (non-hydrogen) atoms. The van der Waals surface area contributed by atoms with Crippen LogP contribution in [-0.4, -0.2) is 37.6 Å². The van der Waals surface area contributed by atoms with Crippen molar-refractivity contribution in [1.29, 1.82) is 0 Å². The minimum absolute atomic E-state index is 0.0600. The number of amides is 3. The zero-order chi connectivity index (χ0) is 20.6. The lowest BCUT2D eigenvalue weighted by molar-refractivity contribution is -0.117. The van der Waals surface area contributed by atoms with Gasteiger partial charge in [0.2, 0.25) is 5.91 Å². The predicted molar refractivity (Wildman–Crippen MR) is 115 cm³/mol. The molecule has 2 aromatic carbocycles. The quantitative estimate of drug-likeness (QED) is 0.399. The lowest BCUT2D eigenvalue weighted by atomic mass is 10.1. The number of imidazole rings is 1. The average molecular weight is 407 g/mol. The van der Waals surface area contributed by atoms with Gasteiger partial charge in [-0.15, -0.1) is 0 Å². The summed E-state index contributed by atoms with van der Waals surface area (Å²) in [6, 6.07) is 15.1. The molecule has 0 atom stereocenters. The number of carbonyl (C=O) groups is 2. The van der Waals surface area contributed by atoms with Crippen molar-refractivity contribution in [3.8, 4) is 0 Å². The number of rotatable bonds is 3. The van der Waals surface area contributed by atoms with Crippen LogP contribution < -0.4 is 10.6 Å². The normalized spacial score (nSPS) is 11.8. The number of hydrogen-bond acceptors (Lipinski definition) is 5. The standard InChI is InChI=1S/C21H21N5O2S/c1-21(2,3)25-19(28)24-17(27)12-29-20-23-14-9-5-4-8-13(14)18-22-15-10-6-7-11-16(15)26(18)20/h4-11H,12H2,1-3H3,(H2,24,25,27,28). The minimum Gasteiger partial charge on any atom is -0.333 e. The summed E-state index contributed by atoms with van der Waals surface area (Å²) in [5.74, 6) is -0.325. The topological polar surface area (TPSA) is 88.4 Å². The zero-order valence-corrected chi connectivity index (χ0v) is 17.2. The molecular weight excluding hydrogens is 386 g/mol. The fourth-order valence-electron chi connectivity index (χ4n) is 3.08. The van der Waals surface area contributed by atoms with Gasteiger partial charge in [-0.05, 0) is 45.0 Å². The van der Waals surface area contributed by atoms with Crippen molar-refractivity contribution in [3.05, 3.63) is 48.5 Å². The lowest BCUT2D eigenvalue weighted by Gasteiger charge is -2.20. The number of carbonyl (C=O) groups excluding carboxylic acids is 2. The van der Waals surface area contributed by atoms with Crippen LogP contribution in [-0.2, 0) is 4.79 Å². The Kier molecular flexibility index (Phi) is 4.87. The number of para-hydroxylation sites is 3. The van der Waals surface area contributed by atoms with Crippen LogP contribution in [0.2, 0.25) is 0 Å². The second-order valence-electron chi connectivity index (χ2n) is 7.71. The first-order valence-electron chi connectivity index (χ1n) is 9.22. The van der Waals surface area contributed by atoms with Gasteiger partial charge in [-0.25, -0.2) is 14.8 Å². The van der Waals surface area contributed by atoms with Crippen LogP contribution >= 0.6 is 11.8 Å².